The maximum Gasteiger partial charge on any atom is 0.223 e. The first kappa shape index (κ1) is 24.6. The van der Waals surface area contributed by atoms with E-state index in [9.17, 15) is 9.18 Å². The predicted molar refractivity (Wildman–Crippen MR) is 148 cm³/mol. The Hall–Kier alpha value is -2.70. The van der Waals surface area contributed by atoms with Crippen LogP contribution in [0.4, 0.5) is 4.39 Å². The molecule has 0 spiro atoms. The second-order valence-electron chi connectivity index (χ2n) is 10.5. The number of morpholine rings is 1. The van der Waals surface area contributed by atoms with E-state index in [1.807, 2.05) is 29.2 Å². The van der Waals surface area contributed by atoms with Crippen molar-refractivity contribution < 1.29 is 13.9 Å². The average molecular weight is 517 g/mol. The second kappa shape index (κ2) is 11.0. The predicted octanol–water partition coefficient (Wildman–Crippen LogP) is 7.16. The Morgan fingerprint density at radius 1 is 1.08 bits per heavy atom. The van der Waals surface area contributed by atoms with Crippen molar-refractivity contribution in [3.63, 3.8) is 0 Å². The van der Waals surface area contributed by atoms with E-state index in [-0.39, 0.29) is 29.0 Å². The zero-order valence-corrected chi connectivity index (χ0v) is 21.8. The molecule has 2 fully saturated rings. The fourth-order valence-corrected chi connectivity index (χ4v) is 7.25. The van der Waals surface area contributed by atoms with Gasteiger partial charge >= 0.3 is 0 Å². The molecule has 6 heteroatoms. The number of benzene rings is 2. The Balaban J connectivity index is 1.14. The molecule has 37 heavy (non-hydrogen) atoms. The lowest BCUT2D eigenvalue weighted by Gasteiger charge is -2.39. The molecule has 2 aromatic carbocycles. The van der Waals surface area contributed by atoms with Gasteiger partial charge in [-0.25, -0.2) is 9.37 Å². The van der Waals surface area contributed by atoms with Gasteiger partial charge in [0.2, 0.25) is 5.91 Å². The normalized spacial score (nSPS) is 24.6. The molecule has 192 valence electrons. The Morgan fingerprint density at radius 3 is 2.81 bits per heavy atom. The van der Waals surface area contributed by atoms with Gasteiger partial charge in [-0.3, -0.25) is 4.79 Å². The molecule has 0 radical (unpaired) electrons. The van der Waals surface area contributed by atoms with Crippen LogP contribution in [-0.4, -0.2) is 41.6 Å². The molecule has 3 aliphatic rings. The maximum absolute atomic E-state index is 14.3. The lowest BCUT2D eigenvalue weighted by Crippen LogP contribution is -2.48. The fourth-order valence-electron chi connectivity index (χ4n) is 6.10. The third-order valence-electron chi connectivity index (χ3n) is 8.16. The van der Waals surface area contributed by atoms with Gasteiger partial charge in [-0.05, 0) is 60.1 Å². The number of thioether (sulfide) groups is 1. The molecule has 0 bridgehead atoms. The van der Waals surface area contributed by atoms with Crippen LogP contribution in [0.3, 0.4) is 0 Å². The molecule has 3 unspecified atom stereocenters. The summed E-state index contributed by atoms with van der Waals surface area (Å²) < 4.78 is 20.4. The number of allylic oxidation sites excluding steroid dienone is 1. The number of halogens is 1. The largest absolute Gasteiger partial charge is 0.374 e. The zero-order chi connectivity index (χ0) is 25.2. The summed E-state index contributed by atoms with van der Waals surface area (Å²) in [5, 5.41) is 3.37. The number of pyridine rings is 1. The third-order valence-corrected chi connectivity index (χ3v) is 9.39. The Bertz CT molecular complexity index is 1310. The van der Waals surface area contributed by atoms with Crippen LogP contribution >= 0.6 is 11.8 Å². The van der Waals surface area contributed by atoms with E-state index >= 15 is 0 Å². The van der Waals surface area contributed by atoms with Crippen LogP contribution in [-0.2, 0) is 9.53 Å². The molecular weight excluding hydrogens is 483 g/mol. The Kier molecular flexibility index (Phi) is 7.30. The van der Waals surface area contributed by atoms with E-state index in [4.69, 9.17) is 9.72 Å². The van der Waals surface area contributed by atoms with Gasteiger partial charge in [-0.1, -0.05) is 49.6 Å². The van der Waals surface area contributed by atoms with E-state index < -0.39 is 0 Å². The van der Waals surface area contributed by atoms with Gasteiger partial charge in [0.1, 0.15) is 5.82 Å². The number of aromatic nitrogens is 1. The van der Waals surface area contributed by atoms with Gasteiger partial charge in [0, 0.05) is 41.6 Å². The number of carbonyl (C=O) groups is 1. The first-order chi connectivity index (χ1) is 18.2. The molecule has 0 N–H and O–H groups in total. The number of carbonyl (C=O) groups excluding carboxylic acids is 1. The quantitative estimate of drug-likeness (QED) is 0.361. The first-order valence-electron chi connectivity index (χ1n) is 13.5. The fraction of sp³-hybridized carbons (Fsp3) is 0.419. The van der Waals surface area contributed by atoms with E-state index in [1.54, 1.807) is 23.9 Å². The summed E-state index contributed by atoms with van der Waals surface area (Å²) >= 11 is 1.78. The van der Waals surface area contributed by atoms with E-state index in [1.165, 1.54) is 43.7 Å². The van der Waals surface area contributed by atoms with Gasteiger partial charge in [0.25, 0.3) is 0 Å². The summed E-state index contributed by atoms with van der Waals surface area (Å²) in [5.74, 6) is 0.737. The zero-order valence-electron chi connectivity index (χ0n) is 21.0. The van der Waals surface area contributed by atoms with Gasteiger partial charge in [0.15, 0.2) is 0 Å². The summed E-state index contributed by atoms with van der Waals surface area (Å²) in [5.41, 5.74) is 3.19. The summed E-state index contributed by atoms with van der Waals surface area (Å²) in [6, 6.07) is 16.9. The summed E-state index contributed by atoms with van der Waals surface area (Å²) in [7, 11) is 0. The summed E-state index contributed by atoms with van der Waals surface area (Å²) in [6.07, 6.45) is 9.28. The highest BCUT2D eigenvalue weighted by Gasteiger charge is 2.34. The van der Waals surface area contributed by atoms with Crippen molar-refractivity contribution in [2.75, 3.05) is 19.7 Å². The molecule has 4 nitrogen and oxygen atoms in total. The van der Waals surface area contributed by atoms with Crippen molar-refractivity contribution in [3.05, 3.63) is 77.5 Å². The highest BCUT2D eigenvalue weighted by atomic mass is 32.2. The molecule has 1 saturated carbocycles. The molecule has 1 saturated heterocycles. The highest BCUT2D eigenvalue weighted by Crippen LogP contribution is 2.45. The third kappa shape index (κ3) is 5.32. The number of hydrogen-bond acceptors (Lipinski definition) is 4. The lowest BCUT2D eigenvalue weighted by molar-refractivity contribution is -0.142. The molecule has 1 amide bonds. The molecule has 3 heterocycles. The van der Waals surface area contributed by atoms with Crippen molar-refractivity contribution in [2.24, 2.45) is 11.8 Å². The van der Waals surface area contributed by atoms with E-state index in [2.05, 4.69) is 23.6 Å². The van der Waals surface area contributed by atoms with Gasteiger partial charge in [0.05, 0.1) is 23.9 Å². The van der Waals surface area contributed by atoms with Crippen LogP contribution < -0.4 is 0 Å². The van der Waals surface area contributed by atoms with Crippen LogP contribution in [0.5, 0.6) is 0 Å². The molecule has 6 rings (SSSR count). The maximum atomic E-state index is 14.3. The Morgan fingerprint density at radius 2 is 1.95 bits per heavy atom. The lowest BCUT2D eigenvalue weighted by atomic mass is 9.84. The number of fused-ring (bicyclic) bond motifs is 1. The van der Waals surface area contributed by atoms with E-state index in [0.29, 0.717) is 36.7 Å². The summed E-state index contributed by atoms with van der Waals surface area (Å²) in [4.78, 5) is 20.1. The van der Waals surface area contributed by atoms with Crippen molar-refractivity contribution >= 4 is 28.6 Å². The first-order valence-corrected chi connectivity index (χ1v) is 14.5. The van der Waals surface area contributed by atoms with E-state index in [0.717, 1.165) is 17.4 Å². The molecule has 1 aromatic heterocycles. The minimum absolute atomic E-state index is 0.163. The number of amides is 1. The number of rotatable bonds is 5. The number of ether oxygens (including phenoxy) is 1. The smallest absolute Gasteiger partial charge is 0.223 e. The van der Waals surface area contributed by atoms with Crippen molar-refractivity contribution in [3.8, 4) is 11.3 Å². The molecular formula is C31H33FN2O2S. The van der Waals surface area contributed by atoms with Crippen molar-refractivity contribution in [2.45, 2.75) is 49.9 Å². The monoisotopic (exact) mass is 516 g/mol. The minimum atomic E-state index is -0.266. The SMILES string of the molecule is O=C(CC1C=CSC1c1ccc2nc(-c3ccccc3F)ccc2c1)N1CCOC(C2CCCCC2)C1. The highest BCUT2D eigenvalue weighted by molar-refractivity contribution is 8.02. The van der Waals surface area contributed by atoms with Crippen LogP contribution in [0, 0.1) is 17.7 Å². The molecule has 3 atom stereocenters. The van der Waals surface area contributed by atoms with Crippen molar-refractivity contribution in [1.82, 2.24) is 9.88 Å². The number of hydrogen-bond donors (Lipinski definition) is 0. The molecule has 3 aromatic rings. The standard InChI is InChI=1S/C31H33FN2O2S/c32-26-9-5-4-8-25(26)28-13-10-22-18-23(11-12-27(22)33-28)31-24(14-17-37-31)19-30(35)34-15-16-36-29(20-34)21-6-2-1-3-7-21/h4-5,8-14,17-18,21,24,29,31H,1-3,6-7,15-16,19-20H2. The van der Waals surface area contributed by atoms with Crippen LogP contribution in [0.15, 0.2) is 66.1 Å². The topological polar surface area (TPSA) is 42.4 Å². The van der Waals surface area contributed by atoms with Crippen LogP contribution in [0.1, 0.15) is 49.3 Å². The van der Waals surface area contributed by atoms with Gasteiger partial charge in [-0.15, -0.1) is 11.8 Å². The number of nitrogens with zero attached hydrogens (tertiary/aromatic N) is 2. The van der Waals surface area contributed by atoms with Crippen LogP contribution in [0.2, 0.25) is 0 Å². The van der Waals surface area contributed by atoms with Crippen LogP contribution in [0.25, 0.3) is 22.2 Å². The van der Waals surface area contributed by atoms with Gasteiger partial charge < -0.3 is 9.64 Å². The van der Waals surface area contributed by atoms with Crippen molar-refractivity contribution in [1.29, 1.82) is 0 Å². The average Bonchev–Trinajstić information content (AvgIpc) is 3.41. The minimum Gasteiger partial charge on any atom is -0.374 e. The molecule has 2 aliphatic heterocycles. The Labute approximate surface area is 222 Å². The van der Waals surface area contributed by atoms with Gasteiger partial charge in [-0.2, -0.15) is 0 Å². The second-order valence-corrected chi connectivity index (χ2v) is 11.6. The molecule has 1 aliphatic carbocycles. The summed E-state index contributed by atoms with van der Waals surface area (Å²) in [6.45, 7) is 2.09.